The normalized spacial score (nSPS) is 11.9. The highest BCUT2D eigenvalue weighted by Gasteiger charge is 2.34. The molecule has 1 N–H and O–H groups in total. The third-order valence-corrected chi connectivity index (χ3v) is 8.55. The third-order valence-electron chi connectivity index (χ3n) is 6.53. The molecule has 11 heteroatoms. The summed E-state index contributed by atoms with van der Waals surface area (Å²) in [4.78, 5) is 28.4. The fourth-order valence-corrected chi connectivity index (χ4v) is 5.65. The third kappa shape index (κ3) is 7.92. The molecule has 3 rings (SSSR count). The summed E-state index contributed by atoms with van der Waals surface area (Å²) >= 11 is 6.05. The summed E-state index contributed by atoms with van der Waals surface area (Å²) in [5.74, 6) is -0.323. The summed E-state index contributed by atoms with van der Waals surface area (Å²) in [5, 5.41) is 3.35. The molecule has 9 nitrogen and oxygen atoms in total. The Morgan fingerprint density at radius 2 is 1.63 bits per heavy atom. The van der Waals surface area contributed by atoms with Crippen molar-refractivity contribution in [3.8, 4) is 11.5 Å². The SMILES string of the molecule is CCCNC(=O)C(C)N(Cc1ccc(Cl)cc1)C(=O)CN(c1cc(OC)ccc1OC)S(=O)(=O)c1ccc(C)cc1. The van der Waals surface area contributed by atoms with E-state index in [0.717, 1.165) is 21.9 Å². The van der Waals surface area contributed by atoms with Crippen LogP contribution in [0.25, 0.3) is 0 Å². The highest BCUT2D eigenvalue weighted by molar-refractivity contribution is 7.92. The van der Waals surface area contributed by atoms with E-state index in [1.54, 1.807) is 55.5 Å². The molecule has 1 atom stereocenters. The van der Waals surface area contributed by atoms with Gasteiger partial charge in [-0.1, -0.05) is 48.4 Å². The first-order chi connectivity index (χ1) is 19.5. The van der Waals surface area contributed by atoms with E-state index in [1.165, 1.54) is 37.3 Å². The van der Waals surface area contributed by atoms with Crippen LogP contribution in [0.4, 0.5) is 5.69 Å². The predicted molar refractivity (Wildman–Crippen MR) is 160 cm³/mol. The molecular formula is C30H36ClN3O6S. The van der Waals surface area contributed by atoms with Crippen LogP contribution in [0.1, 0.15) is 31.4 Å². The molecule has 3 aromatic rings. The topological polar surface area (TPSA) is 105 Å². The van der Waals surface area contributed by atoms with Crippen molar-refractivity contribution in [2.24, 2.45) is 0 Å². The molecule has 0 saturated carbocycles. The van der Waals surface area contributed by atoms with Gasteiger partial charge in [0, 0.05) is 24.2 Å². The predicted octanol–water partition coefficient (Wildman–Crippen LogP) is 4.80. The molecule has 220 valence electrons. The lowest BCUT2D eigenvalue weighted by Gasteiger charge is -2.32. The number of halogens is 1. The van der Waals surface area contributed by atoms with Crippen molar-refractivity contribution in [2.45, 2.75) is 44.7 Å². The number of ether oxygens (including phenoxy) is 2. The first-order valence-electron chi connectivity index (χ1n) is 13.1. The van der Waals surface area contributed by atoms with Gasteiger partial charge in [-0.25, -0.2) is 8.42 Å². The van der Waals surface area contributed by atoms with E-state index < -0.39 is 28.5 Å². The van der Waals surface area contributed by atoms with Crippen LogP contribution in [0.2, 0.25) is 5.02 Å². The molecule has 0 aliphatic carbocycles. The van der Waals surface area contributed by atoms with Crippen LogP contribution >= 0.6 is 11.6 Å². The average Bonchev–Trinajstić information content (AvgIpc) is 2.97. The fourth-order valence-electron chi connectivity index (χ4n) is 4.11. The number of rotatable bonds is 13. The van der Waals surface area contributed by atoms with Gasteiger partial charge in [0.1, 0.15) is 24.1 Å². The fraction of sp³-hybridized carbons (Fsp3) is 0.333. The van der Waals surface area contributed by atoms with Crippen molar-refractivity contribution >= 4 is 39.1 Å². The van der Waals surface area contributed by atoms with Gasteiger partial charge in [-0.05, 0) is 62.2 Å². The highest BCUT2D eigenvalue weighted by Crippen LogP contribution is 2.36. The van der Waals surface area contributed by atoms with Crippen LogP contribution < -0.4 is 19.1 Å². The van der Waals surface area contributed by atoms with Crippen molar-refractivity contribution in [2.75, 3.05) is 31.6 Å². The molecule has 0 aliphatic heterocycles. The van der Waals surface area contributed by atoms with Crippen LogP contribution in [0.15, 0.2) is 71.6 Å². The van der Waals surface area contributed by atoms with Crippen LogP contribution in [0.3, 0.4) is 0 Å². The monoisotopic (exact) mass is 601 g/mol. The molecule has 2 amide bonds. The Kier molecular flexibility index (Phi) is 11.0. The van der Waals surface area contributed by atoms with E-state index in [9.17, 15) is 18.0 Å². The number of hydrogen-bond acceptors (Lipinski definition) is 6. The second kappa shape index (κ2) is 14.2. The number of amides is 2. The lowest BCUT2D eigenvalue weighted by atomic mass is 10.1. The number of nitrogens with zero attached hydrogens (tertiary/aromatic N) is 2. The molecule has 41 heavy (non-hydrogen) atoms. The maximum Gasteiger partial charge on any atom is 0.264 e. The maximum absolute atomic E-state index is 14.1. The zero-order valence-corrected chi connectivity index (χ0v) is 25.5. The highest BCUT2D eigenvalue weighted by atomic mass is 35.5. The van der Waals surface area contributed by atoms with Gasteiger partial charge in [0.2, 0.25) is 11.8 Å². The van der Waals surface area contributed by atoms with Gasteiger partial charge in [-0.3, -0.25) is 13.9 Å². The summed E-state index contributed by atoms with van der Waals surface area (Å²) in [5.41, 5.74) is 1.73. The molecule has 0 heterocycles. The summed E-state index contributed by atoms with van der Waals surface area (Å²) in [7, 11) is -1.39. The molecule has 0 spiro atoms. The van der Waals surface area contributed by atoms with Gasteiger partial charge in [-0.2, -0.15) is 0 Å². The Morgan fingerprint density at radius 3 is 2.22 bits per heavy atom. The molecule has 1 unspecified atom stereocenters. The van der Waals surface area contributed by atoms with Crippen LogP contribution in [-0.2, 0) is 26.2 Å². The number of aryl methyl sites for hydroxylation is 1. The quantitative estimate of drug-likeness (QED) is 0.302. The van der Waals surface area contributed by atoms with E-state index in [2.05, 4.69) is 5.32 Å². The minimum atomic E-state index is -4.26. The number of benzene rings is 3. The molecule has 3 aromatic carbocycles. The lowest BCUT2D eigenvalue weighted by molar-refractivity contribution is -0.139. The van der Waals surface area contributed by atoms with Crippen LogP contribution in [-0.4, -0.2) is 58.5 Å². The van der Waals surface area contributed by atoms with E-state index in [-0.39, 0.29) is 28.8 Å². The first kappa shape index (κ1) is 31.8. The standard InChI is InChI=1S/C30H36ClN3O6S/c1-6-17-32-30(36)22(3)33(19-23-9-11-24(31)12-10-23)29(35)20-34(27-18-25(39-4)13-16-28(27)40-5)41(37,38)26-14-7-21(2)8-15-26/h7-16,18,22H,6,17,19-20H2,1-5H3,(H,32,36). The minimum Gasteiger partial charge on any atom is -0.497 e. The van der Waals surface area contributed by atoms with Gasteiger partial charge in [0.25, 0.3) is 10.0 Å². The van der Waals surface area contributed by atoms with Crippen molar-refractivity contribution < 1.29 is 27.5 Å². The molecule has 0 bridgehead atoms. The van der Waals surface area contributed by atoms with E-state index in [4.69, 9.17) is 21.1 Å². The van der Waals surface area contributed by atoms with Crippen molar-refractivity contribution in [3.63, 3.8) is 0 Å². The van der Waals surface area contributed by atoms with E-state index >= 15 is 0 Å². The van der Waals surface area contributed by atoms with Crippen LogP contribution in [0, 0.1) is 6.92 Å². The van der Waals surface area contributed by atoms with Crippen LogP contribution in [0.5, 0.6) is 11.5 Å². The average molecular weight is 602 g/mol. The van der Waals surface area contributed by atoms with Gasteiger partial charge >= 0.3 is 0 Å². The molecular weight excluding hydrogens is 566 g/mol. The van der Waals surface area contributed by atoms with Gasteiger partial charge in [-0.15, -0.1) is 0 Å². The molecule has 0 radical (unpaired) electrons. The number of anilines is 1. The summed E-state index contributed by atoms with van der Waals surface area (Å²) in [6, 6.07) is 17.0. The van der Waals surface area contributed by atoms with Crippen molar-refractivity contribution in [3.05, 3.63) is 82.9 Å². The smallest absolute Gasteiger partial charge is 0.264 e. The Balaban J connectivity index is 2.10. The lowest BCUT2D eigenvalue weighted by Crippen LogP contribution is -2.51. The molecule has 0 aliphatic rings. The number of methoxy groups -OCH3 is 2. The number of carbonyl (C=O) groups excluding carboxylic acids is 2. The maximum atomic E-state index is 14.1. The number of nitrogens with one attached hydrogen (secondary N) is 1. The zero-order valence-electron chi connectivity index (χ0n) is 23.9. The number of sulfonamides is 1. The Morgan fingerprint density at radius 1 is 0.976 bits per heavy atom. The van der Waals surface area contributed by atoms with Gasteiger partial charge in [0.15, 0.2) is 0 Å². The first-order valence-corrected chi connectivity index (χ1v) is 15.0. The second-order valence-electron chi connectivity index (χ2n) is 9.48. The van der Waals surface area contributed by atoms with Gasteiger partial charge in [0.05, 0.1) is 24.8 Å². The van der Waals surface area contributed by atoms with Crippen molar-refractivity contribution in [1.82, 2.24) is 10.2 Å². The Labute approximate surface area is 247 Å². The molecule has 0 aromatic heterocycles. The van der Waals surface area contributed by atoms with E-state index in [1.807, 2.05) is 13.8 Å². The largest absolute Gasteiger partial charge is 0.497 e. The summed E-state index contributed by atoms with van der Waals surface area (Å²) < 4.78 is 40.0. The second-order valence-corrected chi connectivity index (χ2v) is 11.8. The van der Waals surface area contributed by atoms with Crippen molar-refractivity contribution in [1.29, 1.82) is 0 Å². The molecule has 0 fully saturated rings. The Bertz CT molecular complexity index is 1450. The summed E-state index contributed by atoms with van der Waals surface area (Å²) in [6.07, 6.45) is 0.724. The van der Waals surface area contributed by atoms with Gasteiger partial charge < -0.3 is 19.7 Å². The zero-order chi connectivity index (χ0) is 30.2. The number of carbonyl (C=O) groups is 2. The Hall–Kier alpha value is -3.76. The van der Waals surface area contributed by atoms with E-state index in [0.29, 0.717) is 17.3 Å². The number of hydrogen-bond donors (Lipinski definition) is 1. The molecule has 0 saturated heterocycles. The summed E-state index contributed by atoms with van der Waals surface area (Å²) in [6.45, 7) is 5.30. The minimum absolute atomic E-state index is 0.00115.